The number of halogens is 1. The molecule has 9 nitrogen and oxygen atoms in total. The number of amides is 1. The fraction of sp³-hybridized carbons (Fsp3) is 0.381. The minimum Gasteiger partial charge on any atom is -0.492 e. The predicted octanol–water partition coefficient (Wildman–Crippen LogP) is 2.33. The van der Waals surface area contributed by atoms with E-state index < -0.39 is 26.0 Å². The smallest absolute Gasteiger partial charge is 0.252 e. The molecule has 180 valence electrons. The van der Waals surface area contributed by atoms with Crippen molar-refractivity contribution in [1.82, 2.24) is 9.62 Å². The molecule has 1 amide bonds. The van der Waals surface area contributed by atoms with Crippen molar-refractivity contribution in [3.63, 3.8) is 0 Å². The minimum atomic E-state index is -3.47. The zero-order valence-electron chi connectivity index (χ0n) is 18.3. The van der Waals surface area contributed by atoms with Gasteiger partial charge in [-0.05, 0) is 55.3 Å². The molecule has 0 radical (unpaired) electrons. The van der Waals surface area contributed by atoms with Crippen LogP contribution in [0.2, 0.25) is 5.02 Å². The second kappa shape index (κ2) is 10.3. The molecular formula is C21H26ClN3O6S2. The first-order valence-corrected chi connectivity index (χ1v) is 13.9. The third kappa shape index (κ3) is 6.17. The highest BCUT2D eigenvalue weighted by Crippen LogP contribution is 2.25. The van der Waals surface area contributed by atoms with Gasteiger partial charge < -0.3 is 10.1 Å². The van der Waals surface area contributed by atoms with Crippen molar-refractivity contribution in [1.29, 1.82) is 0 Å². The van der Waals surface area contributed by atoms with E-state index in [1.807, 2.05) is 0 Å². The lowest BCUT2D eigenvalue weighted by Gasteiger charge is -2.17. The lowest BCUT2D eigenvalue weighted by Crippen LogP contribution is -2.29. The van der Waals surface area contributed by atoms with Crippen LogP contribution in [0.15, 0.2) is 47.4 Å². The van der Waals surface area contributed by atoms with E-state index in [9.17, 15) is 21.6 Å². The summed E-state index contributed by atoms with van der Waals surface area (Å²) < 4.78 is 56.5. The maximum atomic E-state index is 12.5. The maximum absolute atomic E-state index is 12.5. The van der Waals surface area contributed by atoms with Gasteiger partial charge in [-0.3, -0.25) is 9.10 Å². The van der Waals surface area contributed by atoms with Gasteiger partial charge in [-0.25, -0.2) is 16.8 Å². The van der Waals surface area contributed by atoms with Crippen molar-refractivity contribution < 1.29 is 26.4 Å². The third-order valence-electron chi connectivity index (χ3n) is 5.24. The lowest BCUT2D eigenvalue weighted by atomic mass is 10.2. The van der Waals surface area contributed by atoms with Crippen molar-refractivity contribution in [2.75, 3.05) is 43.8 Å². The SMILES string of the molecule is CN(c1ccc(C(=O)NCCOc2ccc(S(=O)(=O)N3CCCC3)cc2)c(Cl)c1)S(C)(=O)=O. The minimum absolute atomic E-state index is 0.121. The molecule has 2 aromatic carbocycles. The first kappa shape index (κ1) is 25.3. The zero-order valence-corrected chi connectivity index (χ0v) is 20.7. The van der Waals surface area contributed by atoms with E-state index >= 15 is 0 Å². The van der Waals surface area contributed by atoms with Crippen LogP contribution in [0.5, 0.6) is 5.75 Å². The Kier molecular flexibility index (Phi) is 7.88. The van der Waals surface area contributed by atoms with E-state index in [0.717, 1.165) is 23.4 Å². The summed E-state index contributed by atoms with van der Waals surface area (Å²) in [6, 6.07) is 10.5. The Bertz CT molecular complexity index is 1210. The van der Waals surface area contributed by atoms with Gasteiger partial charge in [0, 0.05) is 20.1 Å². The van der Waals surface area contributed by atoms with E-state index in [2.05, 4.69) is 5.32 Å². The first-order valence-electron chi connectivity index (χ1n) is 10.2. The van der Waals surface area contributed by atoms with Gasteiger partial charge in [0.2, 0.25) is 20.0 Å². The molecule has 1 aliphatic rings. The summed E-state index contributed by atoms with van der Waals surface area (Å²) in [6.07, 6.45) is 2.82. The molecule has 3 rings (SSSR count). The fourth-order valence-electron chi connectivity index (χ4n) is 3.29. The van der Waals surface area contributed by atoms with Gasteiger partial charge >= 0.3 is 0 Å². The molecule has 2 aromatic rings. The maximum Gasteiger partial charge on any atom is 0.252 e. The molecule has 0 atom stereocenters. The van der Waals surface area contributed by atoms with Gasteiger partial charge in [0.15, 0.2) is 0 Å². The number of anilines is 1. The van der Waals surface area contributed by atoms with Gasteiger partial charge in [-0.2, -0.15) is 4.31 Å². The number of hydrogen-bond acceptors (Lipinski definition) is 6. The number of nitrogens with one attached hydrogen (secondary N) is 1. The van der Waals surface area contributed by atoms with E-state index in [-0.39, 0.29) is 28.6 Å². The molecule has 1 heterocycles. The Hall–Kier alpha value is -2.34. The molecule has 0 aromatic heterocycles. The van der Waals surface area contributed by atoms with Crippen molar-refractivity contribution in [3.05, 3.63) is 53.1 Å². The second-order valence-electron chi connectivity index (χ2n) is 7.58. The summed E-state index contributed by atoms with van der Waals surface area (Å²) >= 11 is 6.16. The number of sulfonamides is 2. The summed E-state index contributed by atoms with van der Waals surface area (Å²) in [5.41, 5.74) is 0.552. The van der Waals surface area contributed by atoms with E-state index in [0.29, 0.717) is 24.5 Å². The highest BCUT2D eigenvalue weighted by atomic mass is 35.5. The van der Waals surface area contributed by atoms with Gasteiger partial charge in [0.1, 0.15) is 12.4 Å². The van der Waals surface area contributed by atoms with Crippen LogP contribution >= 0.6 is 11.6 Å². The number of hydrogen-bond donors (Lipinski definition) is 1. The summed E-state index contributed by atoms with van der Waals surface area (Å²) in [7, 11) is -5.52. The van der Waals surface area contributed by atoms with Crippen LogP contribution in [0, 0.1) is 0 Å². The van der Waals surface area contributed by atoms with Crippen LogP contribution in [0.1, 0.15) is 23.2 Å². The molecule has 0 saturated carbocycles. The van der Waals surface area contributed by atoms with Crippen LogP contribution in [0.3, 0.4) is 0 Å². The molecule has 12 heteroatoms. The Morgan fingerprint density at radius 1 is 1.09 bits per heavy atom. The zero-order chi connectivity index (χ0) is 24.2. The number of rotatable bonds is 9. The van der Waals surface area contributed by atoms with E-state index in [1.54, 1.807) is 12.1 Å². The molecule has 1 aliphatic heterocycles. The normalized spacial score (nSPS) is 14.8. The average Bonchev–Trinajstić information content (AvgIpc) is 3.31. The molecule has 0 spiro atoms. The molecule has 0 bridgehead atoms. The van der Waals surface area contributed by atoms with Gasteiger partial charge in [-0.15, -0.1) is 0 Å². The standard InChI is InChI=1S/C21H26ClN3O6S2/c1-24(32(2,27)28)16-5-10-19(20(22)15-16)21(26)23-11-14-31-17-6-8-18(9-7-17)33(29,30)25-12-3-4-13-25/h5-10,15H,3-4,11-14H2,1-2H3,(H,23,26). The number of carbonyl (C=O) groups excluding carboxylic acids is 1. The van der Waals surface area contributed by atoms with Crippen molar-refractivity contribution in [3.8, 4) is 5.75 Å². The van der Waals surface area contributed by atoms with E-state index in [1.165, 1.54) is 41.7 Å². The molecule has 1 N–H and O–H groups in total. The fourth-order valence-corrected chi connectivity index (χ4v) is 5.56. The monoisotopic (exact) mass is 515 g/mol. The van der Waals surface area contributed by atoms with Crippen LogP contribution in [-0.2, 0) is 20.0 Å². The molecular weight excluding hydrogens is 490 g/mol. The summed E-state index contributed by atoms with van der Waals surface area (Å²) in [6.45, 7) is 1.44. The van der Waals surface area contributed by atoms with Crippen molar-refractivity contribution in [2.45, 2.75) is 17.7 Å². The quantitative estimate of drug-likeness (QED) is 0.513. The summed E-state index contributed by atoms with van der Waals surface area (Å²) in [5, 5.41) is 2.80. The highest BCUT2D eigenvalue weighted by molar-refractivity contribution is 7.92. The van der Waals surface area contributed by atoms with Crippen LogP contribution in [-0.4, -0.2) is 66.6 Å². The average molecular weight is 516 g/mol. The largest absolute Gasteiger partial charge is 0.492 e. The number of benzene rings is 2. The van der Waals surface area contributed by atoms with Crippen LogP contribution in [0.4, 0.5) is 5.69 Å². The van der Waals surface area contributed by atoms with Crippen LogP contribution in [0.25, 0.3) is 0 Å². The lowest BCUT2D eigenvalue weighted by molar-refractivity contribution is 0.0947. The van der Waals surface area contributed by atoms with Gasteiger partial charge in [0.25, 0.3) is 5.91 Å². The summed E-state index contributed by atoms with van der Waals surface area (Å²) in [5.74, 6) is 0.0556. The summed E-state index contributed by atoms with van der Waals surface area (Å²) in [4.78, 5) is 12.6. The predicted molar refractivity (Wildman–Crippen MR) is 127 cm³/mol. The van der Waals surface area contributed by atoms with Crippen LogP contribution < -0.4 is 14.4 Å². The first-order chi connectivity index (χ1) is 15.5. The van der Waals surface area contributed by atoms with E-state index in [4.69, 9.17) is 16.3 Å². The molecule has 0 aliphatic carbocycles. The Morgan fingerprint density at radius 2 is 1.73 bits per heavy atom. The Labute approximate surface area is 199 Å². The topological polar surface area (TPSA) is 113 Å². The number of carbonyl (C=O) groups is 1. The highest BCUT2D eigenvalue weighted by Gasteiger charge is 2.27. The molecule has 33 heavy (non-hydrogen) atoms. The van der Waals surface area contributed by atoms with Gasteiger partial charge in [-0.1, -0.05) is 11.6 Å². The Morgan fingerprint density at radius 3 is 2.30 bits per heavy atom. The van der Waals surface area contributed by atoms with Crippen molar-refractivity contribution >= 4 is 43.2 Å². The van der Waals surface area contributed by atoms with Crippen molar-refractivity contribution in [2.24, 2.45) is 0 Å². The number of ether oxygens (including phenoxy) is 1. The number of nitrogens with zero attached hydrogens (tertiary/aromatic N) is 2. The third-order valence-corrected chi connectivity index (χ3v) is 8.67. The molecule has 1 fully saturated rings. The van der Waals surface area contributed by atoms with Gasteiger partial charge in [0.05, 0.1) is 34.0 Å². The molecule has 1 saturated heterocycles. The molecule has 0 unspecified atom stereocenters. The second-order valence-corrected chi connectivity index (χ2v) is 11.9. The Balaban J connectivity index is 1.51.